The first-order valence-corrected chi connectivity index (χ1v) is 10.8. The van der Waals surface area contributed by atoms with Gasteiger partial charge in [-0.15, -0.1) is 0 Å². The van der Waals surface area contributed by atoms with Crippen LogP contribution in [0.1, 0.15) is 79.1 Å². The maximum Gasteiger partial charge on any atom is 0.153 e. The third-order valence-corrected chi connectivity index (χ3v) is 4.96. The molecule has 1 rings (SSSR count). The van der Waals surface area contributed by atoms with Crippen LogP contribution in [0.25, 0.3) is 0 Å². The van der Waals surface area contributed by atoms with Gasteiger partial charge in [-0.3, -0.25) is 0 Å². The lowest BCUT2D eigenvalue weighted by Crippen LogP contribution is -2.26. The fourth-order valence-corrected chi connectivity index (χ4v) is 3.12. The van der Waals surface area contributed by atoms with Crippen molar-refractivity contribution in [3.8, 4) is 0 Å². The molecule has 0 aliphatic carbocycles. The van der Waals surface area contributed by atoms with Crippen LogP contribution in [-0.4, -0.2) is 25.9 Å². The average molecular weight is 378 g/mol. The van der Waals surface area contributed by atoms with Crippen LogP contribution >= 0.6 is 0 Å². The molecule has 1 atom stereocenters. The van der Waals surface area contributed by atoms with E-state index in [-0.39, 0.29) is 0 Å². The normalized spacial score (nSPS) is 12.0. The number of nitrogens with zero attached hydrogens (tertiary/aromatic N) is 2. The molecule has 1 aromatic carbocycles. The number of unbranched alkanes of at least 4 members (excludes halogenated alkanes) is 3. The van der Waals surface area contributed by atoms with Gasteiger partial charge in [-0.25, -0.2) is 0 Å². The summed E-state index contributed by atoms with van der Waals surface area (Å²) < 4.78 is 6.02. The standard InChI is InChI=1S/C22H40N4O/c1-5-9-12-20(8-4)27-18-24-22-17-19(13-14-21(22)25-23)26(15-10-6-2)16-11-7-3/h13-14,17,20,23-24H,5-12,15-16,18H2,1-4H3/p+1. The topological polar surface area (TPSA) is 62.5 Å². The quantitative estimate of drug-likeness (QED) is 0.304. The lowest BCUT2D eigenvalue weighted by atomic mass is 10.1. The molecule has 1 aromatic rings. The predicted octanol–water partition coefficient (Wildman–Crippen LogP) is 5.29. The van der Waals surface area contributed by atoms with E-state index >= 15 is 0 Å². The van der Waals surface area contributed by atoms with Gasteiger partial charge in [0.05, 0.1) is 11.8 Å². The maximum absolute atomic E-state index is 6.02. The van der Waals surface area contributed by atoms with E-state index in [9.17, 15) is 0 Å². The molecule has 0 fully saturated rings. The Kier molecular flexibility index (Phi) is 12.5. The zero-order valence-electron chi connectivity index (χ0n) is 18.0. The maximum atomic E-state index is 6.02. The highest BCUT2D eigenvalue weighted by Gasteiger charge is 2.11. The Hall–Kier alpha value is -1.62. The van der Waals surface area contributed by atoms with E-state index in [1.165, 1.54) is 44.2 Å². The molecule has 0 aliphatic rings. The van der Waals surface area contributed by atoms with Gasteiger partial charge in [0.15, 0.2) is 5.69 Å². The number of anilines is 2. The Morgan fingerprint density at radius 3 is 2.26 bits per heavy atom. The molecular weight excluding hydrogens is 336 g/mol. The van der Waals surface area contributed by atoms with E-state index in [4.69, 9.17) is 10.3 Å². The summed E-state index contributed by atoms with van der Waals surface area (Å²) in [6.07, 6.45) is 9.69. The van der Waals surface area contributed by atoms with Gasteiger partial charge >= 0.3 is 0 Å². The van der Waals surface area contributed by atoms with E-state index in [1.54, 1.807) is 0 Å². The fourth-order valence-electron chi connectivity index (χ4n) is 3.12. The summed E-state index contributed by atoms with van der Waals surface area (Å²) in [5.74, 6) is 0. The molecular formula is C22H41N4O+. The third-order valence-electron chi connectivity index (χ3n) is 4.96. The molecule has 0 heterocycles. The van der Waals surface area contributed by atoms with Gasteiger partial charge in [-0.05, 0) is 49.0 Å². The number of benzene rings is 1. The molecule has 27 heavy (non-hydrogen) atoms. The number of ether oxygens (including phenoxy) is 1. The van der Waals surface area contributed by atoms with Crippen LogP contribution in [0.4, 0.5) is 17.1 Å². The van der Waals surface area contributed by atoms with Crippen LogP contribution in [0, 0.1) is 0 Å². The molecule has 5 heteroatoms. The smallest absolute Gasteiger partial charge is 0.153 e. The summed E-state index contributed by atoms with van der Waals surface area (Å²) in [7, 11) is 0. The van der Waals surface area contributed by atoms with Crippen LogP contribution in [0.3, 0.4) is 0 Å². The molecule has 0 radical (unpaired) electrons. The Bertz CT molecular complexity index is 513. The highest BCUT2D eigenvalue weighted by atomic mass is 16.5. The van der Waals surface area contributed by atoms with Gasteiger partial charge in [0.2, 0.25) is 0 Å². The molecule has 0 saturated carbocycles. The van der Waals surface area contributed by atoms with Crippen molar-refractivity contribution < 1.29 is 10.3 Å². The molecule has 0 aliphatic heterocycles. The average Bonchev–Trinajstić information content (AvgIpc) is 2.70. The molecule has 0 saturated heterocycles. The van der Waals surface area contributed by atoms with Gasteiger partial charge < -0.3 is 15.0 Å². The van der Waals surface area contributed by atoms with Crippen molar-refractivity contribution in [2.45, 2.75) is 85.2 Å². The van der Waals surface area contributed by atoms with Crippen molar-refractivity contribution >= 4 is 17.1 Å². The lowest BCUT2D eigenvalue weighted by Gasteiger charge is -2.25. The van der Waals surface area contributed by atoms with Crippen LogP contribution in [-0.2, 0) is 4.74 Å². The van der Waals surface area contributed by atoms with E-state index in [1.807, 2.05) is 6.07 Å². The monoisotopic (exact) mass is 377 g/mol. The number of nitrogens with two attached hydrogens (primary N) is 1. The first-order valence-electron chi connectivity index (χ1n) is 10.8. The summed E-state index contributed by atoms with van der Waals surface area (Å²) >= 11 is 0. The Morgan fingerprint density at radius 2 is 1.70 bits per heavy atom. The van der Waals surface area contributed by atoms with Crippen molar-refractivity contribution in [3.05, 3.63) is 18.2 Å². The van der Waals surface area contributed by atoms with Crippen molar-refractivity contribution in [1.29, 1.82) is 0 Å². The van der Waals surface area contributed by atoms with E-state index in [0.717, 1.165) is 37.3 Å². The molecule has 0 amide bonds. The second-order valence-electron chi connectivity index (χ2n) is 7.18. The summed E-state index contributed by atoms with van der Waals surface area (Å²) in [6.45, 7) is 11.5. The largest absolute Gasteiger partial charge is 0.371 e. The minimum absolute atomic E-state index is 0.310. The zero-order chi connectivity index (χ0) is 19.9. The van der Waals surface area contributed by atoms with E-state index in [2.05, 4.69) is 55.2 Å². The molecule has 0 spiro atoms. The van der Waals surface area contributed by atoms with Gasteiger partial charge in [0, 0.05) is 18.8 Å². The van der Waals surface area contributed by atoms with Crippen molar-refractivity contribution in [1.82, 2.24) is 0 Å². The summed E-state index contributed by atoms with van der Waals surface area (Å²) in [5.41, 5.74) is 8.53. The van der Waals surface area contributed by atoms with Crippen molar-refractivity contribution in [2.75, 3.05) is 30.0 Å². The first kappa shape index (κ1) is 23.4. The Labute approximate surface area is 166 Å². The molecule has 1 unspecified atom stereocenters. The van der Waals surface area contributed by atoms with Crippen molar-refractivity contribution in [3.63, 3.8) is 0 Å². The summed E-state index contributed by atoms with van der Waals surface area (Å²) in [5, 5.41) is 7.32. The van der Waals surface area contributed by atoms with E-state index in [0.29, 0.717) is 12.8 Å². The van der Waals surface area contributed by atoms with Crippen LogP contribution < -0.4 is 15.7 Å². The highest BCUT2D eigenvalue weighted by molar-refractivity contribution is 5.71. The second-order valence-corrected chi connectivity index (χ2v) is 7.18. The summed E-state index contributed by atoms with van der Waals surface area (Å²) in [4.78, 5) is 2.47. The Morgan fingerprint density at radius 1 is 1.04 bits per heavy atom. The predicted molar refractivity (Wildman–Crippen MR) is 116 cm³/mol. The van der Waals surface area contributed by atoms with Crippen LogP contribution in [0.15, 0.2) is 23.3 Å². The van der Waals surface area contributed by atoms with Crippen LogP contribution in [0.5, 0.6) is 0 Å². The van der Waals surface area contributed by atoms with Gasteiger partial charge in [0.1, 0.15) is 6.73 Å². The molecule has 0 aromatic heterocycles. The molecule has 154 valence electrons. The SMILES string of the molecule is CCCCC(CC)OCNc1cc(N(CCCC)CCCC)ccc1N=[NH2+]. The number of hydrogen-bond donors (Lipinski definition) is 2. The van der Waals surface area contributed by atoms with Crippen LogP contribution in [0.2, 0.25) is 0 Å². The molecule has 0 bridgehead atoms. The summed E-state index contributed by atoms with van der Waals surface area (Å²) in [6, 6.07) is 6.28. The molecule has 5 nitrogen and oxygen atoms in total. The van der Waals surface area contributed by atoms with Crippen molar-refractivity contribution in [2.24, 2.45) is 5.11 Å². The first-order chi connectivity index (χ1) is 13.2. The second kappa shape index (κ2) is 14.4. The third kappa shape index (κ3) is 8.74. The number of nitrogens with one attached hydrogen (secondary N) is 1. The van der Waals surface area contributed by atoms with Gasteiger partial charge in [0.25, 0.3) is 0 Å². The van der Waals surface area contributed by atoms with E-state index < -0.39 is 0 Å². The van der Waals surface area contributed by atoms with Gasteiger partial charge in [-0.1, -0.05) is 53.4 Å². The van der Waals surface area contributed by atoms with Gasteiger partial charge in [-0.2, -0.15) is 5.53 Å². The highest BCUT2D eigenvalue weighted by Crippen LogP contribution is 2.30. The number of rotatable bonds is 16. The Balaban J connectivity index is 2.79. The molecule has 3 N–H and O–H groups in total. The minimum atomic E-state index is 0.310. The lowest BCUT2D eigenvalue weighted by molar-refractivity contribution is -0.210. The zero-order valence-corrected chi connectivity index (χ0v) is 18.0. The minimum Gasteiger partial charge on any atom is -0.371 e. The number of hydrogen-bond acceptors (Lipinski definition) is 4. The fraction of sp³-hybridized carbons (Fsp3) is 0.727.